The fraction of sp³-hybridized carbons (Fsp3) is 0. The monoisotopic (exact) mass is 340 g/mol. The van der Waals surface area contributed by atoms with Crippen LogP contribution in [0.1, 0.15) is 27.2 Å². The van der Waals surface area contributed by atoms with Gasteiger partial charge in [0.25, 0.3) is 0 Å². The lowest BCUT2D eigenvalue weighted by atomic mass is 10.0. The summed E-state index contributed by atoms with van der Waals surface area (Å²) >= 11 is 0. The maximum atomic E-state index is 11.1. The van der Waals surface area contributed by atoms with Crippen LogP contribution in [0, 0.1) is 22.7 Å². The summed E-state index contributed by atoms with van der Waals surface area (Å²) in [6.45, 7) is 0. The molecule has 0 aliphatic carbocycles. The lowest BCUT2D eigenvalue weighted by Gasteiger charge is -2.00. The van der Waals surface area contributed by atoms with Crippen molar-refractivity contribution in [2.75, 3.05) is 0 Å². The predicted molar refractivity (Wildman–Crippen MR) is 95.7 cm³/mol. The van der Waals surface area contributed by atoms with Crippen LogP contribution in [0.4, 0.5) is 0 Å². The Kier molecular flexibility index (Phi) is 4.65. The Labute approximate surface area is 149 Å². The number of nitriles is 2. The Morgan fingerprint density at radius 3 is 2.50 bits per heavy atom. The predicted octanol–water partition coefficient (Wildman–Crippen LogP) is 4.58. The summed E-state index contributed by atoms with van der Waals surface area (Å²) in [4.78, 5) is 11.1. The lowest BCUT2D eigenvalue weighted by molar-refractivity contribution is 0.0697. The number of furan rings is 1. The van der Waals surface area contributed by atoms with Crippen molar-refractivity contribution in [2.24, 2.45) is 0 Å². The number of nitrogens with zero attached hydrogens (tertiary/aromatic N) is 2. The molecule has 0 aliphatic rings. The normalized spacial score (nSPS) is 10.8. The maximum absolute atomic E-state index is 11.1. The van der Waals surface area contributed by atoms with Gasteiger partial charge in [-0.25, -0.2) is 4.79 Å². The van der Waals surface area contributed by atoms with Crippen LogP contribution in [0.2, 0.25) is 0 Å². The van der Waals surface area contributed by atoms with Crippen LogP contribution in [0.3, 0.4) is 0 Å². The molecule has 0 fully saturated rings. The second-order valence-electron chi connectivity index (χ2n) is 5.45. The highest BCUT2D eigenvalue weighted by atomic mass is 16.4. The van der Waals surface area contributed by atoms with Crippen LogP contribution in [-0.4, -0.2) is 11.1 Å². The summed E-state index contributed by atoms with van der Waals surface area (Å²) in [5.74, 6) is -0.0512. The minimum atomic E-state index is -1.01. The molecule has 0 amide bonds. The van der Waals surface area contributed by atoms with Gasteiger partial charge in [-0.3, -0.25) is 0 Å². The van der Waals surface area contributed by atoms with E-state index in [9.17, 15) is 10.1 Å². The van der Waals surface area contributed by atoms with Crippen LogP contribution in [-0.2, 0) is 0 Å². The van der Waals surface area contributed by atoms with Gasteiger partial charge in [0.15, 0.2) is 0 Å². The van der Waals surface area contributed by atoms with Crippen LogP contribution < -0.4 is 0 Å². The molecule has 3 aromatic rings. The van der Waals surface area contributed by atoms with Crippen molar-refractivity contribution in [3.63, 3.8) is 0 Å². The molecule has 0 saturated heterocycles. The summed E-state index contributed by atoms with van der Waals surface area (Å²) in [6, 6.07) is 20.7. The smallest absolute Gasteiger partial charge is 0.335 e. The quantitative estimate of drug-likeness (QED) is 0.701. The first kappa shape index (κ1) is 16.8. The van der Waals surface area contributed by atoms with E-state index in [2.05, 4.69) is 6.07 Å². The molecule has 0 unspecified atom stereocenters. The highest BCUT2D eigenvalue weighted by Crippen LogP contribution is 2.26. The Bertz CT molecular complexity index is 1090. The summed E-state index contributed by atoms with van der Waals surface area (Å²) in [5.41, 5.74) is 2.26. The van der Waals surface area contributed by atoms with Gasteiger partial charge in [-0.15, -0.1) is 0 Å². The Balaban J connectivity index is 1.95. The summed E-state index contributed by atoms with van der Waals surface area (Å²) in [5, 5.41) is 27.5. The molecule has 5 heteroatoms. The van der Waals surface area contributed by atoms with E-state index < -0.39 is 5.97 Å². The van der Waals surface area contributed by atoms with Gasteiger partial charge in [0.05, 0.1) is 28.8 Å². The van der Waals surface area contributed by atoms with Crippen LogP contribution in [0.5, 0.6) is 0 Å². The molecule has 0 atom stereocenters. The standard InChI is InChI=1S/C21H12N2O3/c22-12-14-3-1-4-15(9-14)18(13-23)11-19-7-8-20(26-19)16-5-2-6-17(10-16)21(24)25/h1-11H,(H,24,25)/b18-11-. The molecule has 0 spiro atoms. The number of allylic oxidation sites excluding steroid dienone is 1. The SMILES string of the molecule is N#C/C(=C/c1ccc(-c2cccc(C(=O)O)c2)o1)c1cccc(C#N)c1. The first-order chi connectivity index (χ1) is 12.6. The van der Waals surface area contributed by atoms with Gasteiger partial charge in [0, 0.05) is 5.56 Å². The lowest BCUT2D eigenvalue weighted by Crippen LogP contribution is -1.95. The zero-order valence-electron chi connectivity index (χ0n) is 13.5. The Morgan fingerprint density at radius 2 is 1.77 bits per heavy atom. The molecular weight excluding hydrogens is 328 g/mol. The zero-order chi connectivity index (χ0) is 18.5. The fourth-order valence-electron chi connectivity index (χ4n) is 2.47. The molecule has 0 bridgehead atoms. The van der Waals surface area contributed by atoms with Crippen molar-refractivity contribution in [3.05, 3.63) is 83.1 Å². The van der Waals surface area contributed by atoms with E-state index >= 15 is 0 Å². The summed E-state index contributed by atoms with van der Waals surface area (Å²) in [6.07, 6.45) is 1.58. The first-order valence-corrected chi connectivity index (χ1v) is 7.66. The Hall–Kier alpha value is -4.09. The number of hydrogen-bond acceptors (Lipinski definition) is 4. The molecule has 1 heterocycles. The molecule has 2 aromatic carbocycles. The topological polar surface area (TPSA) is 98.0 Å². The third-order valence-corrected chi connectivity index (χ3v) is 3.73. The van der Waals surface area contributed by atoms with E-state index in [0.29, 0.717) is 33.8 Å². The largest absolute Gasteiger partial charge is 0.478 e. The van der Waals surface area contributed by atoms with Crippen LogP contribution >= 0.6 is 0 Å². The van der Waals surface area contributed by atoms with Gasteiger partial charge in [-0.1, -0.05) is 24.3 Å². The number of hydrogen-bond donors (Lipinski definition) is 1. The van der Waals surface area contributed by atoms with E-state index in [1.165, 1.54) is 12.1 Å². The molecule has 0 radical (unpaired) electrons. The second kappa shape index (κ2) is 7.21. The van der Waals surface area contributed by atoms with Crippen molar-refractivity contribution >= 4 is 17.6 Å². The highest BCUT2D eigenvalue weighted by Gasteiger charge is 2.09. The van der Waals surface area contributed by atoms with E-state index in [1.807, 2.05) is 6.07 Å². The molecule has 5 nitrogen and oxygen atoms in total. The van der Waals surface area contributed by atoms with Crippen molar-refractivity contribution in [1.82, 2.24) is 0 Å². The first-order valence-electron chi connectivity index (χ1n) is 7.66. The van der Waals surface area contributed by atoms with E-state index in [-0.39, 0.29) is 5.56 Å². The van der Waals surface area contributed by atoms with Crippen molar-refractivity contribution in [3.8, 4) is 23.5 Å². The van der Waals surface area contributed by atoms with Crippen molar-refractivity contribution in [1.29, 1.82) is 10.5 Å². The van der Waals surface area contributed by atoms with Gasteiger partial charge in [-0.2, -0.15) is 10.5 Å². The maximum Gasteiger partial charge on any atom is 0.335 e. The Morgan fingerprint density at radius 1 is 1.00 bits per heavy atom. The molecule has 3 rings (SSSR count). The third kappa shape index (κ3) is 3.53. The van der Waals surface area contributed by atoms with E-state index in [1.54, 1.807) is 54.6 Å². The van der Waals surface area contributed by atoms with Crippen LogP contribution in [0.15, 0.2) is 65.1 Å². The number of carboxylic acids is 1. The number of aromatic carboxylic acids is 1. The van der Waals surface area contributed by atoms with E-state index in [4.69, 9.17) is 14.8 Å². The second-order valence-corrected chi connectivity index (χ2v) is 5.45. The number of carbonyl (C=O) groups is 1. The van der Waals surface area contributed by atoms with Gasteiger partial charge < -0.3 is 9.52 Å². The van der Waals surface area contributed by atoms with Gasteiger partial charge in [0.2, 0.25) is 0 Å². The van der Waals surface area contributed by atoms with Crippen molar-refractivity contribution in [2.45, 2.75) is 0 Å². The number of carboxylic acid groups (broad SMARTS) is 1. The summed E-state index contributed by atoms with van der Waals surface area (Å²) < 4.78 is 5.73. The average Bonchev–Trinajstić information content (AvgIpc) is 3.15. The molecule has 0 aliphatic heterocycles. The van der Waals surface area contributed by atoms with Gasteiger partial charge in [0.1, 0.15) is 11.5 Å². The number of rotatable bonds is 4. The zero-order valence-corrected chi connectivity index (χ0v) is 13.5. The molecule has 124 valence electrons. The van der Waals surface area contributed by atoms with Crippen molar-refractivity contribution < 1.29 is 14.3 Å². The van der Waals surface area contributed by atoms with Crippen LogP contribution in [0.25, 0.3) is 23.0 Å². The minimum Gasteiger partial charge on any atom is -0.478 e. The molecular formula is C21H12N2O3. The van der Waals surface area contributed by atoms with Gasteiger partial charge in [-0.05, 0) is 48.0 Å². The molecule has 1 N–H and O–H groups in total. The average molecular weight is 340 g/mol. The molecule has 26 heavy (non-hydrogen) atoms. The highest BCUT2D eigenvalue weighted by molar-refractivity contribution is 5.90. The summed E-state index contributed by atoms with van der Waals surface area (Å²) in [7, 11) is 0. The van der Waals surface area contributed by atoms with Gasteiger partial charge >= 0.3 is 5.97 Å². The molecule has 1 aromatic heterocycles. The van der Waals surface area contributed by atoms with E-state index in [0.717, 1.165) is 0 Å². The number of benzene rings is 2. The minimum absolute atomic E-state index is 0.169. The fourth-order valence-corrected chi connectivity index (χ4v) is 2.47. The molecule has 0 saturated carbocycles. The third-order valence-electron chi connectivity index (χ3n) is 3.73.